The Morgan fingerprint density at radius 2 is 2.13 bits per heavy atom. The lowest BCUT2D eigenvalue weighted by molar-refractivity contribution is -0.113. The number of aromatic nitrogens is 3. The minimum Gasteiger partial charge on any atom is -0.484 e. The Morgan fingerprint density at radius 1 is 1.33 bits per heavy atom. The summed E-state index contributed by atoms with van der Waals surface area (Å²) in [4.78, 5) is 12.2. The normalized spacial score (nSPS) is 10.6. The maximum Gasteiger partial charge on any atom is 0.234 e. The zero-order valence-corrected chi connectivity index (χ0v) is 18.8. The fourth-order valence-electron chi connectivity index (χ4n) is 2.46. The van der Waals surface area contributed by atoms with E-state index in [4.69, 9.17) is 16.3 Å². The van der Waals surface area contributed by atoms with Crippen LogP contribution in [0.4, 0.5) is 10.1 Å². The number of ether oxygens (including phenoxy) is 1. The van der Waals surface area contributed by atoms with Crippen molar-refractivity contribution in [2.24, 2.45) is 0 Å². The van der Waals surface area contributed by atoms with Crippen molar-refractivity contribution in [1.29, 1.82) is 0 Å². The van der Waals surface area contributed by atoms with Crippen molar-refractivity contribution in [2.75, 3.05) is 11.1 Å². The van der Waals surface area contributed by atoms with Crippen LogP contribution < -0.4 is 10.1 Å². The van der Waals surface area contributed by atoms with Gasteiger partial charge in [0.1, 0.15) is 18.2 Å². The Bertz CT molecular complexity index is 1060. The SMILES string of the molecule is C=CCn1c(COc2ccccc2Cl)nnc1SCC(=O)Nc1ccc(Br)cc1F. The van der Waals surface area contributed by atoms with E-state index in [0.29, 0.717) is 32.8 Å². The molecule has 156 valence electrons. The standard InChI is InChI=1S/C20H17BrClFN4O2S/c1-2-9-27-18(11-29-17-6-4-3-5-14(17)22)25-26-20(27)30-12-19(28)24-16-8-7-13(21)10-15(16)23/h2-8,10H,1,9,11-12H2,(H,24,28). The number of hydrogen-bond donors (Lipinski definition) is 1. The van der Waals surface area contributed by atoms with Crippen LogP contribution in [0.3, 0.4) is 0 Å². The van der Waals surface area contributed by atoms with Crippen molar-refractivity contribution in [2.45, 2.75) is 18.3 Å². The number of halogens is 3. The third-order valence-electron chi connectivity index (χ3n) is 3.84. The zero-order valence-electron chi connectivity index (χ0n) is 15.6. The maximum absolute atomic E-state index is 13.9. The largest absolute Gasteiger partial charge is 0.484 e. The number of nitrogens with one attached hydrogen (secondary N) is 1. The third kappa shape index (κ3) is 5.84. The number of hydrogen-bond acceptors (Lipinski definition) is 5. The number of amides is 1. The van der Waals surface area contributed by atoms with Gasteiger partial charge in [-0.25, -0.2) is 4.39 Å². The molecule has 0 unspecified atom stereocenters. The molecule has 0 aliphatic carbocycles. The van der Waals surface area contributed by atoms with Gasteiger partial charge in [-0.2, -0.15) is 0 Å². The van der Waals surface area contributed by atoms with Crippen LogP contribution in [-0.2, 0) is 17.9 Å². The summed E-state index contributed by atoms with van der Waals surface area (Å²) in [7, 11) is 0. The Morgan fingerprint density at radius 3 is 2.87 bits per heavy atom. The molecule has 0 spiro atoms. The molecule has 3 rings (SSSR count). The van der Waals surface area contributed by atoms with Crippen LogP contribution in [0, 0.1) is 5.82 Å². The Balaban J connectivity index is 1.63. The third-order valence-corrected chi connectivity index (χ3v) is 5.61. The number of carbonyl (C=O) groups excluding carboxylic acids is 1. The lowest BCUT2D eigenvalue weighted by Crippen LogP contribution is -2.16. The summed E-state index contributed by atoms with van der Waals surface area (Å²) in [5.74, 6) is 0.268. The van der Waals surface area contributed by atoms with Crippen molar-refractivity contribution >= 4 is 50.9 Å². The fourth-order valence-corrected chi connectivity index (χ4v) is 3.75. The van der Waals surface area contributed by atoms with Gasteiger partial charge >= 0.3 is 0 Å². The highest BCUT2D eigenvalue weighted by atomic mass is 79.9. The first-order valence-corrected chi connectivity index (χ1v) is 10.9. The van der Waals surface area contributed by atoms with E-state index >= 15 is 0 Å². The second kappa shape index (κ2) is 10.6. The van der Waals surface area contributed by atoms with Gasteiger partial charge in [0.2, 0.25) is 5.91 Å². The van der Waals surface area contributed by atoms with Gasteiger partial charge in [0.15, 0.2) is 11.0 Å². The topological polar surface area (TPSA) is 69.0 Å². The van der Waals surface area contributed by atoms with Gasteiger partial charge in [0.25, 0.3) is 0 Å². The molecule has 0 saturated carbocycles. The highest BCUT2D eigenvalue weighted by Crippen LogP contribution is 2.25. The van der Waals surface area contributed by atoms with Gasteiger partial charge < -0.3 is 10.1 Å². The maximum atomic E-state index is 13.9. The number of carbonyl (C=O) groups is 1. The smallest absolute Gasteiger partial charge is 0.234 e. The Hall–Kier alpha value is -2.36. The molecule has 0 saturated heterocycles. The van der Waals surface area contributed by atoms with Gasteiger partial charge in [0.05, 0.1) is 16.5 Å². The predicted molar refractivity (Wildman–Crippen MR) is 119 cm³/mol. The highest BCUT2D eigenvalue weighted by molar-refractivity contribution is 9.10. The molecule has 1 heterocycles. The number of para-hydroxylation sites is 1. The fraction of sp³-hybridized carbons (Fsp3) is 0.150. The molecule has 0 bridgehead atoms. The average Bonchev–Trinajstić information content (AvgIpc) is 3.10. The van der Waals surface area contributed by atoms with Crippen LogP contribution in [0.25, 0.3) is 0 Å². The first-order chi connectivity index (χ1) is 14.5. The van der Waals surface area contributed by atoms with Gasteiger partial charge in [0, 0.05) is 11.0 Å². The number of rotatable bonds is 9. The lowest BCUT2D eigenvalue weighted by Gasteiger charge is -2.10. The summed E-state index contributed by atoms with van der Waals surface area (Å²) in [6, 6.07) is 11.6. The van der Waals surface area contributed by atoms with Crippen molar-refractivity contribution < 1.29 is 13.9 Å². The second-order valence-corrected chi connectivity index (χ2v) is 8.24. The minimum atomic E-state index is -0.517. The van der Waals surface area contributed by atoms with E-state index in [9.17, 15) is 9.18 Å². The molecule has 1 aromatic heterocycles. The number of benzene rings is 2. The summed E-state index contributed by atoms with van der Waals surface area (Å²) < 4.78 is 22.0. The summed E-state index contributed by atoms with van der Waals surface area (Å²) in [5, 5.41) is 11.8. The first-order valence-electron chi connectivity index (χ1n) is 8.76. The van der Waals surface area contributed by atoms with E-state index < -0.39 is 5.82 Å². The molecule has 0 atom stereocenters. The Labute approximate surface area is 190 Å². The van der Waals surface area contributed by atoms with Crippen molar-refractivity contribution in [1.82, 2.24) is 14.8 Å². The van der Waals surface area contributed by atoms with E-state index in [-0.39, 0.29) is 24.0 Å². The molecular formula is C20H17BrClFN4O2S. The monoisotopic (exact) mass is 510 g/mol. The summed E-state index contributed by atoms with van der Waals surface area (Å²) in [6.45, 7) is 4.34. The number of allylic oxidation sites excluding steroid dienone is 1. The second-order valence-electron chi connectivity index (χ2n) is 5.98. The molecule has 10 heteroatoms. The number of anilines is 1. The molecular weight excluding hydrogens is 495 g/mol. The van der Waals surface area contributed by atoms with Crippen LogP contribution in [-0.4, -0.2) is 26.4 Å². The molecule has 1 amide bonds. The van der Waals surface area contributed by atoms with Crippen molar-refractivity contribution in [3.8, 4) is 5.75 Å². The van der Waals surface area contributed by atoms with E-state index in [2.05, 4.69) is 38.0 Å². The zero-order chi connectivity index (χ0) is 21.5. The predicted octanol–water partition coefficient (Wildman–Crippen LogP) is 5.33. The van der Waals surface area contributed by atoms with Crippen LogP contribution in [0.2, 0.25) is 5.02 Å². The van der Waals surface area contributed by atoms with Crippen molar-refractivity contribution in [3.05, 3.63) is 76.3 Å². The lowest BCUT2D eigenvalue weighted by atomic mass is 10.3. The van der Waals surface area contributed by atoms with Crippen LogP contribution in [0.5, 0.6) is 5.75 Å². The van der Waals surface area contributed by atoms with Crippen LogP contribution >= 0.6 is 39.3 Å². The molecule has 1 N–H and O–H groups in total. The number of thioether (sulfide) groups is 1. The molecule has 3 aromatic rings. The van der Waals surface area contributed by atoms with E-state index in [1.807, 2.05) is 12.1 Å². The van der Waals surface area contributed by atoms with Crippen LogP contribution in [0.15, 0.2) is 64.7 Å². The molecule has 0 radical (unpaired) electrons. The Kier molecular flexibility index (Phi) is 7.89. The molecule has 6 nitrogen and oxygen atoms in total. The average molecular weight is 512 g/mol. The molecule has 0 aliphatic rings. The number of nitrogens with zero attached hydrogens (tertiary/aromatic N) is 3. The summed E-state index contributed by atoms with van der Waals surface area (Å²) in [5.41, 5.74) is 0.116. The first kappa shape index (κ1) is 22.3. The summed E-state index contributed by atoms with van der Waals surface area (Å²) >= 11 is 10.5. The van der Waals surface area contributed by atoms with Crippen molar-refractivity contribution in [3.63, 3.8) is 0 Å². The van der Waals surface area contributed by atoms with Gasteiger partial charge in [-0.05, 0) is 30.3 Å². The molecule has 2 aromatic carbocycles. The quantitative estimate of drug-likeness (QED) is 0.311. The molecule has 30 heavy (non-hydrogen) atoms. The molecule has 0 aliphatic heterocycles. The van der Waals surface area contributed by atoms with E-state index in [1.165, 1.54) is 23.9 Å². The summed E-state index contributed by atoms with van der Waals surface area (Å²) in [6.07, 6.45) is 1.70. The van der Waals surface area contributed by atoms with Gasteiger partial charge in [-0.15, -0.1) is 16.8 Å². The molecule has 0 fully saturated rings. The van der Waals surface area contributed by atoms with Crippen LogP contribution in [0.1, 0.15) is 5.82 Å². The highest BCUT2D eigenvalue weighted by Gasteiger charge is 2.15. The minimum absolute atomic E-state index is 0.0378. The van der Waals surface area contributed by atoms with Gasteiger partial charge in [-0.3, -0.25) is 9.36 Å². The van der Waals surface area contributed by atoms with E-state index in [1.54, 1.807) is 28.8 Å². The van der Waals surface area contributed by atoms with Gasteiger partial charge in [-0.1, -0.05) is 57.5 Å². The van der Waals surface area contributed by atoms with E-state index in [0.717, 1.165) is 0 Å².